The molecule has 1 atom stereocenters. The lowest BCUT2D eigenvalue weighted by Gasteiger charge is -2.25. The molecule has 4 aromatic rings. The predicted octanol–water partition coefficient (Wildman–Crippen LogP) is 2.05. The molecule has 9 nitrogen and oxygen atoms in total. The van der Waals surface area contributed by atoms with Crippen LogP contribution in [0.3, 0.4) is 0 Å². The number of carbonyl (C=O) groups excluding carboxylic acids is 1. The number of nitrogens with zero attached hydrogens (tertiary/aromatic N) is 5. The van der Waals surface area contributed by atoms with Crippen molar-refractivity contribution in [2.45, 2.75) is 19.9 Å². The predicted molar refractivity (Wildman–Crippen MR) is 149 cm³/mol. The Balaban J connectivity index is 1.70. The van der Waals surface area contributed by atoms with Gasteiger partial charge in [-0.3, -0.25) is 18.5 Å². The van der Waals surface area contributed by atoms with Crippen LogP contribution < -0.4 is 25.5 Å². The zero-order chi connectivity index (χ0) is 27.3. The second-order valence-electron chi connectivity index (χ2n) is 9.44. The molecule has 0 saturated heterocycles. The van der Waals surface area contributed by atoms with Crippen molar-refractivity contribution >= 4 is 40.1 Å². The summed E-state index contributed by atoms with van der Waals surface area (Å²) in [6.07, 6.45) is 1.80. The summed E-state index contributed by atoms with van der Waals surface area (Å²) >= 11 is 1.27. The molecule has 2 aromatic heterocycles. The van der Waals surface area contributed by atoms with E-state index < -0.39 is 12.0 Å². The molecule has 0 amide bonds. The SMILES string of the molecule is CCOC(=O)C1=C(C)N=c2sc(=Cc3ccc4c(c3)n(C)c(=O)n4C)c(=O)n2C1c1ccc(N(C)C)cc1. The second kappa shape index (κ2) is 9.60. The van der Waals surface area contributed by atoms with Gasteiger partial charge in [0.1, 0.15) is 0 Å². The fourth-order valence-corrected chi connectivity index (χ4v) is 5.87. The summed E-state index contributed by atoms with van der Waals surface area (Å²) in [6, 6.07) is 12.8. The molecular weight excluding hydrogens is 502 g/mol. The summed E-state index contributed by atoms with van der Waals surface area (Å²) in [6.45, 7) is 3.74. The Morgan fingerprint density at radius 3 is 2.42 bits per heavy atom. The number of hydrogen-bond donors (Lipinski definition) is 0. The summed E-state index contributed by atoms with van der Waals surface area (Å²) in [5.41, 5.74) is 4.70. The van der Waals surface area contributed by atoms with Crippen LogP contribution >= 0.6 is 11.3 Å². The van der Waals surface area contributed by atoms with E-state index in [9.17, 15) is 14.4 Å². The Bertz CT molecular complexity index is 1850. The highest BCUT2D eigenvalue weighted by Gasteiger charge is 2.33. The van der Waals surface area contributed by atoms with Gasteiger partial charge in [0.25, 0.3) is 5.56 Å². The van der Waals surface area contributed by atoms with Gasteiger partial charge >= 0.3 is 11.7 Å². The standard InChI is InChI=1S/C28H29N5O4S/c1-7-37-26(35)23-16(2)29-27-33(24(23)18-9-11-19(12-10-18)30(3)4)25(34)22(38-27)15-17-8-13-20-21(14-17)32(6)28(36)31(20)5/h8-15,24H,7H2,1-6H3. The maximum Gasteiger partial charge on any atom is 0.338 e. The Hall–Kier alpha value is -4.18. The van der Waals surface area contributed by atoms with Crippen molar-refractivity contribution in [1.29, 1.82) is 0 Å². The van der Waals surface area contributed by atoms with Crippen LogP contribution in [0.25, 0.3) is 17.1 Å². The van der Waals surface area contributed by atoms with Crippen LogP contribution in [0, 0.1) is 0 Å². The van der Waals surface area contributed by atoms with Crippen LogP contribution in [0.1, 0.15) is 31.0 Å². The van der Waals surface area contributed by atoms with Crippen LogP contribution in [0.2, 0.25) is 0 Å². The van der Waals surface area contributed by atoms with Crippen molar-refractivity contribution in [3.63, 3.8) is 0 Å². The van der Waals surface area contributed by atoms with Crippen LogP contribution in [0.15, 0.2) is 68.3 Å². The fraction of sp³-hybridized carbons (Fsp3) is 0.286. The van der Waals surface area contributed by atoms with Gasteiger partial charge in [-0.2, -0.15) is 0 Å². The van der Waals surface area contributed by atoms with E-state index in [2.05, 4.69) is 4.99 Å². The van der Waals surface area contributed by atoms with E-state index in [0.717, 1.165) is 27.8 Å². The molecule has 0 bridgehead atoms. The summed E-state index contributed by atoms with van der Waals surface area (Å²) < 4.78 is 10.6. The Morgan fingerprint density at radius 2 is 1.76 bits per heavy atom. The minimum atomic E-state index is -0.666. The minimum absolute atomic E-state index is 0.112. The molecule has 0 radical (unpaired) electrons. The van der Waals surface area contributed by atoms with Crippen LogP contribution in [-0.4, -0.2) is 40.4 Å². The number of allylic oxidation sites excluding steroid dienone is 1. The summed E-state index contributed by atoms with van der Waals surface area (Å²) in [5, 5.41) is 0. The molecule has 1 aliphatic rings. The van der Waals surface area contributed by atoms with Gasteiger partial charge in [-0.15, -0.1) is 0 Å². The molecule has 10 heteroatoms. The van der Waals surface area contributed by atoms with Gasteiger partial charge < -0.3 is 9.64 Å². The molecule has 0 N–H and O–H groups in total. The minimum Gasteiger partial charge on any atom is -0.463 e. The van der Waals surface area contributed by atoms with E-state index in [1.165, 1.54) is 11.3 Å². The first-order valence-electron chi connectivity index (χ1n) is 12.2. The molecule has 0 spiro atoms. The lowest BCUT2D eigenvalue weighted by molar-refractivity contribution is -0.139. The van der Waals surface area contributed by atoms with Gasteiger partial charge in [0.15, 0.2) is 4.80 Å². The molecule has 3 heterocycles. The Kier molecular flexibility index (Phi) is 6.44. The number of imidazole rings is 1. The zero-order valence-electron chi connectivity index (χ0n) is 22.2. The maximum absolute atomic E-state index is 13.8. The summed E-state index contributed by atoms with van der Waals surface area (Å²) in [7, 11) is 7.37. The molecule has 2 aromatic carbocycles. The number of hydrogen-bond acceptors (Lipinski definition) is 7. The molecule has 0 saturated carbocycles. The quantitative estimate of drug-likeness (QED) is 0.368. The molecule has 0 aliphatic carbocycles. The first-order valence-corrected chi connectivity index (χ1v) is 13.1. The Morgan fingerprint density at radius 1 is 1.08 bits per heavy atom. The average molecular weight is 532 g/mol. The van der Waals surface area contributed by atoms with Gasteiger partial charge in [-0.05, 0) is 55.3 Å². The van der Waals surface area contributed by atoms with Crippen LogP contribution in [0.5, 0.6) is 0 Å². The highest BCUT2D eigenvalue weighted by atomic mass is 32.1. The van der Waals surface area contributed by atoms with Gasteiger partial charge in [-0.1, -0.05) is 29.5 Å². The third-order valence-electron chi connectivity index (χ3n) is 6.84. The monoisotopic (exact) mass is 531 g/mol. The Labute approximate surface area is 222 Å². The van der Waals surface area contributed by atoms with E-state index in [1.54, 1.807) is 47.7 Å². The summed E-state index contributed by atoms with van der Waals surface area (Å²) in [4.78, 5) is 46.4. The van der Waals surface area contributed by atoms with Crippen LogP contribution in [-0.2, 0) is 23.6 Å². The molecular formula is C28H29N5O4S. The highest BCUT2D eigenvalue weighted by Crippen LogP contribution is 2.31. The normalized spacial score (nSPS) is 15.5. The largest absolute Gasteiger partial charge is 0.463 e. The van der Waals surface area contributed by atoms with Crippen molar-refractivity contribution in [1.82, 2.24) is 13.7 Å². The number of aryl methyl sites for hydroxylation is 2. The van der Waals surface area contributed by atoms with Gasteiger partial charge in [-0.25, -0.2) is 14.6 Å². The molecule has 5 rings (SSSR count). The molecule has 38 heavy (non-hydrogen) atoms. The number of anilines is 1. The number of aromatic nitrogens is 3. The van der Waals surface area contributed by atoms with Crippen molar-refractivity contribution in [3.05, 3.63) is 95.0 Å². The number of fused-ring (bicyclic) bond motifs is 2. The second-order valence-corrected chi connectivity index (χ2v) is 10.4. The number of rotatable bonds is 5. The number of esters is 1. The third-order valence-corrected chi connectivity index (χ3v) is 7.82. The van der Waals surface area contributed by atoms with Crippen LogP contribution in [0.4, 0.5) is 5.69 Å². The van der Waals surface area contributed by atoms with E-state index in [4.69, 9.17) is 4.74 Å². The molecule has 0 fully saturated rings. The van der Waals surface area contributed by atoms with E-state index in [0.29, 0.717) is 20.6 Å². The molecule has 1 unspecified atom stereocenters. The lowest BCUT2D eigenvalue weighted by atomic mass is 9.95. The number of thiazole rings is 1. The topological polar surface area (TPSA) is 90.8 Å². The fourth-order valence-electron chi connectivity index (χ4n) is 4.83. The van der Waals surface area contributed by atoms with E-state index >= 15 is 0 Å². The smallest absolute Gasteiger partial charge is 0.338 e. The van der Waals surface area contributed by atoms with Crippen molar-refractivity contribution in [2.24, 2.45) is 19.1 Å². The lowest BCUT2D eigenvalue weighted by Crippen LogP contribution is -2.39. The number of benzene rings is 2. The highest BCUT2D eigenvalue weighted by molar-refractivity contribution is 7.07. The van der Waals surface area contributed by atoms with Crippen molar-refractivity contribution in [2.75, 3.05) is 25.6 Å². The van der Waals surface area contributed by atoms with E-state index in [1.807, 2.05) is 61.5 Å². The third kappa shape index (κ3) is 4.10. The van der Waals surface area contributed by atoms with Crippen molar-refractivity contribution in [3.8, 4) is 0 Å². The summed E-state index contributed by atoms with van der Waals surface area (Å²) in [5.74, 6) is -0.486. The maximum atomic E-state index is 13.8. The first kappa shape index (κ1) is 25.5. The van der Waals surface area contributed by atoms with E-state index in [-0.39, 0.29) is 17.9 Å². The molecule has 196 valence electrons. The average Bonchev–Trinajstić information content (AvgIpc) is 3.31. The first-order chi connectivity index (χ1) is 18.1. The molecule has 1 aliphatic heterocycles. The number of carbonyl (C=O) groups is 1. The zero-order valence-corrected chi connectivity index (χ0v) is 23.0. The van der Waals surface area contributed by atoms with Gasteiger partial charge in [0.05, 0.1) is 39.5 Å². The van der Waals surface area contributed by atoms with Crippen molar-refractivity contribution < 1.29 is 9.53 Å². The number of ether oxygens (including phenoxy) is 1. The van der Waals surface area contributed by atoms with Gasteiger partial charge in [0, 0.05) is 33.9 Å². The van der Waals surface area contributed by atoms with Gasteiger partial charge in [0.2, 0.25) is 0 Å².